The van der Waals surface area contributed by atoms with E-state index in [2.05, 4.69) is 21.6 Å². The van der Waals surface area contributed by atoms with Crippen molar-refractivity contribution in [2.45, 2.75) is 62.2 Å². The number of methoxy groups -OCH3 is 2. The zero-order valence-electron chi connectivity index (χ0n) is 24.8. The van der Waals surface area contributed by atoms with Crippen molar-refractivity contribution in [3.63, 3.8) is 0 Å². The van der Waals surface area contributed by atoms with Gasteiger partial charge in [-0.15, -0.1) is 0 Å². The third-order valence-electron chi connectivity index (χ3n) is 9.18. The molecule has 0 spiro atoms. The van der Waals surface area contributed by atoms with Gasteiger partial charge >= 0.3 is 18.0 Å². The molecule has 2 aromatic rings. The molecule has 0 aromatic heterocycles. The van der Waals surface area contributed by atoms with Crippen molar-refractivity contribution in [2.24, 2.45) is 5.92 Å². The van der Waals surface area contributed by atoms with E-state index >= 15 is 0 Å². The van der Waals surface area contributed by atoms with Crippen molar-refractivity contribution in [3.8, 4) is 6.07 Å². The average molecular weight is 610 g/mol. The Bertz CT molecular complexity index is 1430. The summed E-state index contributed by atoms with van der Waals surface area (Å²) in [6.07, 6.45) is 4.55. The molecule has 3 aliphatic rings. The number of rotatable bonds is 7. The molecule has 4 unspecified atom stereocenters. The van der Waals surface area contributed by atoms with Gasteiger partial charge in [0.05, 0.1) is 37.4 Å². The van der Waals surface area contributed by atoms with Crippen molar-refractivity contribution in [2.75, 3.05) is 33.9 Å². The number of urea groups is 2. The molecule has 12 heteroatoms. The summed E-state index contributed by atoms with van der Waals surface area (Å²) in [5, 5.41) is 15.1. The van der Waals surface area contributed by atoms with E-state index in [-0.39, 0.29) is 18.2 Å². The van der Waals surface area contributed by atoms with Gasteiger partial charge in [-0.1, -0.05) is 24.3 Å². The Balaban J connectivity index is 1.28. The lowest BCUT2D eigenvalue weighted by Crippen LogP contribution is -2.65. The summed E-state index contributed by atoms with van der Waals surface area (Å²) in [5.74, 6) is -3.80. The summed E-state index contributed by atoms with van der Waals surface area (Å²) >= 11 is 0. The van der Waals surface area contributed by atoms with Gasteiger partial charge < -0.3 is 20.1 Å². The molecule has 44 heavy (non-hydrogen) atoms. The van der Waals surface area contributed by atoms with Crippen molar-refractivity contribution in [1.82, 2.24) is 20.4 Å². The van der Waals surface area contributed by atoms with E-state index in [1.165, 1.54) is 20.3 Å². The Morgan fingerprint density at radius 3 is 2.50 bits per heavy atom. The van der Waals surface area contributed by atoms with Crippen LogP contribution < -0.4 is 10.6 Å². The second-order valence-corrected chi connectivity index (χ2v) is 11.7. The molecule has 0 bridgehead atoms. The predicted molar refractivity (Wildman–Crippen MR) is 155 cm³/mol. The quantitative estimate of drug-likeness (QED) is 0.451. The summed E-state index contributed by atoms with van der Waals surface area (Å²) in [7, 11) is 2.58. The lowest BCUT2D eigenvalue weighted by molar-refractivity contribution is -0.150. The Hall–Kier alpha value is -4.08. The molecule has 2 heterocycles. The molecule has 1 aliphatic carbocycles. The van der Waals surface area contributed by atoms with Gasteiger partial charge in [-0.2, -0.15) is 5.26 Å². The predicted octanol–water partition coefficient (Wildman–Crippen LogP) is 4.22. The highest BCUT2D eigenvalue weighted by Crippen LogP contribution is 2.38. The van der Waals surface area contributed by atoms with Gasteiger partial charge in [-0.25, -0.2) is 23.3 Å². The maximum absolute atomic E-state index is 14.4. The largest absolute Gasteiger partial charge is 0.469 e. The van der Waals surface area contributed by atoms with Crippen LogP contribution in [0.15, 0.2) is 42.5 Å². The molecule has 4 amide bonds. The van der Waals surface area contributed by atoms with Gasteiger partial charge in [0.15, 0.2) is 11.6 Å². The zero-order valence-corrected chi connectivity index (χ0v) is 24.8. The summed E-state index contributed by atoms with van der Waals surface area (Å²) in [6.45, 7) is 1.30. The first kappa shape index (κ1) is 31.3. The monoisotopic (exact) mass is 609 g/mol. The first-order valence-electron chi connectivity index (χ1n) is 14.9. The highest BCUT2D eigenvalue weighted by atomic mass is 19.2. The molecule has 1 saturated carbocycles. The van der Waals surface area contributed by atoms with Crippen molar-refractivity contribution in [3.05, 3.63) is 70.8 Å². The van der Waals surface area contributed by atoms with Gasteiger partial charge in [0.1, 0.15) is 5.92 Å². The van der Waals surface area contributed by atoms with E-state index in [9.17, 15) is 28.4 Å². The smallest absolute Gasteiger partial charge is 0.326 e. The number of carbonyl (C=O) groups is 3. The Kier molecular flexibility index (Phi) is 9.76. The van der Waals surface area contributed by atoms with Crippen molar-refractivity contribution in [1.29, 1.82) is 5.26 Å². The lowest BCUT2D eigenvalue weighted by atomic mass is 9.80. The third kappa shape index (κ3) is 6.39. The SMILES string of the molecule is COCC1NC(=O)N(C(=O)NC2CCN(C3CCC(c4ccccc4C#N)CC3)C2)C(c2ccc(F)c(F)c2)C1C(=O)OC. The van der Waals surface area contributed by atoms with Gasteiger partial charge in [0.2, 0.25) is 0 Å². The highest BCUT2D eigenvalue weighted by molar-refractivity contribution is 5.96. The van der Waals surface area contributed by atoms with Crippen LogP contribution in [0.25, 0.3) is 0 Å². The second-order valence-electron chi connectivity index (χ2n) is 11.7. The first-order valence-corrected chi connectivity index (χ1v) is 14.9. The minimum absolute atomic E-state index is 0.0664. The standard InChI is InChI=1S/C32H37F2N5O5/c1-43-18-27-28(30(40)44-2)29(20-9-12-25(33)26(34)15-20)39(32(42)37-27)31(41)36-22-13-14-38(17-22)23-10-7-19(8-11-23)24-6-4-3-5-21(24)16-35/h3-6,9,12,15,19,22-23,27-29H,7-8,10-11,13-14,17-18H2,1-2H3,(H,36,41)(H,37,42). The second kappa shape index (κ2) is 13.7. The first-order chi connectivity index (χ1) is 21.2. The number of nitrogens with zero attached hydrogens (tertiary/aromatic N) is 3. The number of benzene rings is 2. The topological polar surface area (TPSA) is 124 Å². The number of hydrogen-bond donors (Lipinski definition) is 2. The molecule has 2 N–H and O–H groups in total. The molecule has 0 radical (unpaired) electrons. The number of ether oxygens (including phenoxy) is 2. The van der Waals surface area contributed by atoms with Gasteiger partial charge in [0.25, 0.3) is 0 Å². The van der Waals surface area contributed by atoms with Crippen molar-refractivity contribution < 1.29 is 32.6 Å². The van der Waals surface area contributed by atoms with Crippen molar-refractivity contribution >= 4 is 18.0 Å². The highest BCUT2D eigenvalue weighted by Gasteiger charge is 2.50. The van der Waals surface area contributed by atoms with Gasteiger partial charge in [0, 0.05) is 32.3 Å². The third-order valence-corrected chi connectivity index (χ3v) is 9.18. The molecule has 5 rings (SSSR count). The van der Waals surface area contributed by atoms with Crippen LogP contribution in [-0.4, -0.2) is 79.9 Å². The molecular weight excluding hydrogens is 572 g/mol. The summed E-state index contributed by atoms with van der Waals surface area (Å²) < 4.78 is 38.4. The maximum atomic E-state index is 14.4. The average Bonchev–Trinajstić information content (AvgIpc) is 3.50. The number of esters is 1. The van der Waals surface area contributed by atoms with Crippen LogP contribution in [0.4, 0.5) is 18.4 Å². The van der Waals surface area contributed by atoms with Gasteiger partial charge in [-0.05, 0) is 67.3 Å². The molecule has 2 aliphatic heterocycles. The molecule has 4 atom stereocenters. The Morgan fingerprint density at radius 2 is 1.82 bits per heavy atom. The van der Waals surface area contributed by atoms with Crippen LogP contribution >= 0.6 is 0 Å². The van der Waals surface area contributed by atoms with E-state index in [0.717, 1.165) is 60.4 Å². The fourth-order valence-corrected chi connectivity index (χ4v) is 7.04. The lowest BCUT2D eigenvalue weighted by Gasteiger charge is -2.43. The van der Waals surface area contributed by atoms with Crippen LogP contribution in [0.1, 0.15) is 60.8 Å². The van der Waals surface area contributed by atoms with Crippen LogP contribution in [0.3, 0.4) is 0 Å². The Morgan fingerprint density at radius 1 is 1.07 bits per heavy atom. The van der Waals surface area contributed by atoms with Crippen LogP contribution in [0.5, 0.6) is 0 Å². The molecule has 234 valence electrons. The number of amides is 4. The van der Waals surface area contributed by atoms with E-state index in [1.54, 1.807) is 0 Å². The minimum atomic E-state index is -1.27. The number of likely N-dealkylation sites (tertiary alicyclic amines) is 1. The number of hydrogen-bond acceptors (Lipinski definition) is 7. The number of nitriles is 1. The number of halogens is 2. The van der Waals surface area contributed by atoms with Crippen LogP contribution in [0.2, 0.25) is 0 Å². The van der Waals surface area contributed by atoms with Gasteiger partial charge in [-0.3, -0.25) is 9.69 Å². The zero-order chi connectivity index (χ0) is 31.4. The van der Waals surface area contributed by atoms with E-state index < -0.39 is 47.7 Å². The summed E-state index contributed by atoms with van der Waals surface area (Å²) in [4.78, 5) is 43.3. The fraction of sp³-hybridized carbons (Fsp3) is 0.500. The number of carbonyl (C=O) groups excluding carboxylic acids is 3. The summed E-state index contributed by atoms with van der Waals surface area (Å²) in [5.41, 5.74) is 1.91. The van der Waals surface area contributed by atoms with Crippen LogP contribution in [-0.2, 0) is 14.3 Å². The molecule has 2 saturated heterocycles. The molecule has 10 nitrogen and oxygen atoms in total. The minimum Gasteiger partial charge on any atom is -0.469 e. The maximum Gasteiger partial charge on any atom is 0.326 e. The Labute approximate surface area is 255 Å². The molecule has 3 fully saturated rings. The normalized spacial score (nSPS) is 27.3. The number of imide groups is 1. The van der Waals surface area contributed by atoms with E-state index in [0.29, 0.717) is 24.9 Å². The van der Waals surface area contributed by atoms with E-state index in [1.807, 2.05) is 24.3 Å². The molecule has 2 aromatic carbocycles. The summed E-state index contributed by atoms with van der Waals surface area (Å²) in [6, 6.07) is 9.51. The van der Waals surface area contributed by atoms with E-state index in [4.69, 9.17) is 9.47 Å². The van der Waals surface area contributed by atoms with Crippen LogP contribution in [0, 0.1) is 28.9 Å². The number of nitrogens with one attached hydrogen (secondary N) is 2. The molecular formula is C32H37F2N5O5. The fourth-order valence-electron chi connectivity index (χ4n) is 7.04.